The fraction of sp³-hybridized carbons (Fsp3) is 0.105. The Balaban J connectivity index is 0.00000243. The van der Waals surface area contributed by atoms with Gasteiger partial charge in [-0.1, -0.05) is 12.1 Å². The Morgan fingerprint density at radius 2 is 1.85 bits per heavy atom. The fourth-order valence-electron chi connectivity index (χ4n) is 2.71. The van der Waals surface area contributed by atoms with Crippen LogP contribution in [0.25, 0.3) is 11.3 Å². The monoisotopic (exact) mass is 401 g/mol. The maximum atomic E-state index is 12.4. The van der Waals surface area contributed by atoms with E-state index in [0.29, 0.717) is 11.3 Å². The zero-order chi connectivity index (χ0) is 18.1. The second-order valence-corrected chi connectivity index (χ2v) is 5.60. The molecule has 0 bridgehead atoms. The van der Waals surface area contributed by atoms with Crippen molar-refractivity contribution in [1.29, 1.82) is 0 Å². The van der Waals surface area contributed by atoms with E-state index in [9.17, 15) is 19.8 Å². The normalized spacial score (nSPS) is 11.2. The molecular weight excluding hydrogens is 388 g/mol. The number of rotatable bonds is 3. The quantitative estimate of drug-likeness (QED) is 0.515. The number of benzene rings is 2. The van der Waals surface area contributed by atoms with Crippen LogP contribution in [-0.4, -0.2) is 21.9 Å². The summed E-state index contributed by atoms with van der Waals surface area (Å²) < 4.78 is 5.35. The summed E-state index contributed by atoms with van der Waals surface area (Å²) in [7, 11) is 0. The number of fused-ring (bicyclic) bond motifs is 1. The summed E-state index contributed by atoms with van der Waals surface area (Å²) in [5, 5.41) is 19.0. The van der Waals surface area contributed by atoms with Crippen LogP contribution in [-0.2, 0) is 19.5 Å². The Labute approximate surface area is 161 Å². The number of aliphatic imine (C=N–C) groups is 1. The molecule has 7 heteroatoms. The molecule has 3 rings (SSSR count). The average Bonchev–Trinajstić information content (AvgIpc) is 2.54. The van der Waals surface area contributed by atoms with E-state index in [-0.39, 0.29) is 53.4 Å². The van der Waals surface area contributed by atoms with Gasteiger partial charge >= 0.3 is 5.97 Å². The van der Waals surface area contributed by atoms with Crippen LogP contribution in [0.3, 0.4) is 0 Å². The van der Waals surface area contributed by atoms with Gasteiger partial charge in [0.25, 0.3) is 5.95 Å². The number of aromatic hydroxyl groups is 1. The number of para-hydroxylation sites is 1. The minimum absolute atomic E-state index is 0. The third kappa shape index (κ3) is 3.58. The van der Waals surface area contributed by atoms with E-state index in [1.54, 1.807) is 38.1 Å². The van der Waals surface area contributed by atoms with Crippen molar-refractivity contribution < 1.29 is 38.9 Å². The second-order valence-electron chi connectivity index (χ2n) is 5.60. The molecule has 1 aliphatic heterocycles. The smallest absolute Gasteiger partial charge is 0.337 e. The van der Waals surface area contributed by atoms with Crippen molar-refractivity contribution in [3.05, 3.63) is 69.4 Å². The van der Waals surface area contributed by atoms with Crippen molar-refractivity contribution in [3.8, 4) is 17.3 Å². The van der Waals surface area contributed by atoms with Gasteiger partial charge < -0.3 is 14.6 Å². The van der Waals surface area contributed by atoms with E-state index in [0.717, 1.165) is 5.56 Å². The largest absolute Gasteiger partial charge is 0.481 e. The molecule has 0 saturated heterocycles. The van der Waals surface area contributed by atoms with E-state index in [4.69, 9.17) is 4.42 Å². The van der Waals surface area contributed by atoms with Gasteiger partial charge in [0, 0.05) is 31.1 Å². The van der Waals surface area contributed by atoms with Crippen molar-refractivity contribution in [3.63, 3.8) is 0 Å². The third-order valence-corrected chi connectivity index (χ3v) is 3.88. The fourth-order valence-corrected chi connectivity index (χ4v) is 2.71. The van der Waals surface area contributed by atoms with Crippen LogP contribution in [0.5, 0.6) is 5.95 Å². The maximum absolute atomic E-state index is 12.4. The van der Waals surface area contributed by atoms with Gasteiger partial charge in [-0.2, -0.15) is 0 Å². The van der Waals surface area contributed by atoms with Gasteiger partial charge in [-0.05, 0) is 43.7 Å². The van der Waals surface area contributed by atoms with Gasteiger partial charge in [-0.25, -0.2) is 4.79 Å². The van der Waals surface area contributed by atoms with E-state index in [1.165, 1.54) is 18.2 Å². The summed E-state index contributed by atoms with van der Waals surface area (Å²) in [4.78, 5) is 28.0. The first kappa shape index (κ1) is 19.5. The number of carboxylic acids is 1. The first-order chi connectivity index (χ1) is 11.9. The third-order valence-electron chi connectivity index (χ3n) is 3.88. The summed E-state index contributed by atoms with van der Waals surface area (Å²) in [6.07, 6.45) is 0. The molecule has 0 spiro atoms. The zero-order valence-electron chi connectivity index (χ0n) is 14.3. The molecule has 1 aliphatic carbocycles. The number of aromatic carboxylic acids is 1. The topological polar surface area (TPSA) is 100 Å². The number of aryl methyl sites for hydroxylation is 1. The van der Waals surface area contributed by atoms with Crippen molar-refractivity contribution in [2.45, 2.75) is 13.8 Å². The zero-order valence-corrected chi connectivity index (χ0v) is 17.3. The van der Waals surface area contributed by atoms with Crippen molar-refractivity contribution >= 4 is 17.4 Å². The molecule has 1 aromatic rings. The van der Waals surface area contributed by atoms with E-state index < -0.39 is 5.97 Å². The molecule has 0 saturated carbocycles. The maximum Gasteiger partial charge on any atom is 0.337 e. The molecule has 128 valence electrons. The van der Waals surface area contributed by atoms with Gasteiger partial charge in [-0.15, -0.1) is 0 Å². The van der Waals surface area contributed by atoms with Crippen LogP contribution in [0, 0.1) is 6.92 Å². The standard InChI is InChI=1S/C19H15NO5.Zn/c1-10-9-16(22)25-18-12(10)7-8-15(21)17(18)11(2)20-14-6-4-3-5-13(14)19(23)24;/h3-9,22H,1-2H3,(H,23,24);. The number of nitrogens with zero attached hydrogens (tertiary/aromatic N) is 1. The van der Waals surface area contributed by atoms with Crippen LogP contribution in [0.15, 0.2) is 56.7 Å². The van der Waals surface area contributed by atoms with Gasteiger partial charge in [0.15, 0.2) is 11.2 Å². The van der Waals surface area contributed by atoms with Crippen LogP contribution >= 0.6 is 0 Å². The first-order valence-electron chi connectivity index (χ1n) is 7.53. The Bertz CT molecular complexity index is 1040. The molecule has 26 heavy (non-hydrogen) atoms. The van der Waals surface area contributed by atoms with Crippen molar-refractivity contribution in [1.82, 2.24) is 0 Å². The van der Waals surface area contributed by atoms with Crippen molar-refractivity contribution in [2.24, 2.45) is 4.99 Å². The molecule has 6 nitrogen and oxygen atoms in total. The Morgan fingerprint density at radius 3 is 2.54 bits per heavy atom. The first-order valence-corrected chi connectivity index (χ1v) is 7.53. The molecule has 2 aliphatic rings. The molecule has 0 radical (unpaired) electrons. The summed E-state index contributed by atoms with van der Waals surface area (Å²) in [6, 6.07) is 10.8. The average molecular weight is 403 g/mol. The predicted molar refractivity (Wildman–Crippen MR) is 93.3 cm³/mol. The van der Waals surface area contributed by atoms with Crippen LogP contribution < -0.4 is 5.43 Å². The number of carboxylic acid groups (broad SMARTS) is 1. The summed E-state index contributed by atoms with van der Waals surface area (Å²) in [5.74, 6) is -1.19. The Kier molecular flexibility index (Phi) is 5.73. The van der Waals surface area contributed by atoms with Crippen LogP contribution in [0.1, 0.15) is 28.4 Å². The van der Waals surface area contributed by atoms with Gasteiger partial charge in [0.1, 0.15) is 0 Å². The molecule has 1 aromatic carbocycles. The van der Waals surface area contributed by atoms with Gasteiger partial charge in [0.05, 0.1) is 22.5 Å². The summed E-state index contributed by atoms with van der Waals surface area (Å²) >= 11 is 0. The van der Waals surface area contributed by atoms with Gasteiger partial charge in [-0.3, -0.25) is 9.79 Å². The molecule has 0 atom stereocenters. The van der Waals surface area contributed by atoms with Gasteiger partial charge in [0.2, 0.25) is 0 Å². The molecule has 1 heterocycles. The predicted octanol–water partition coefficient (Wildman–Crippen LogP) is 3.60. The molecule has 0 unspecified atom stereocenters. The minimum Gasteiger partial charge on any atom is -0.481 e. The van der Waals surface area contributed by atoms with E-state index in [1.807, 2.05) is 0 Å². The van der Waals surface area contributed by atoms with E-state index >= 15 is 0 Å². The summed E-state index contributed by atoms with van der Waals surface area (Å²) in [6.45, 7) is 3.39. The molecular formula is C19H15NO5Zn. The Morgan fingerprint density at radius 1 is 1.15 bits per heavy atom. The second kappa shape index (κ2) is 7.62. The Hall–Kier alpha value is -2.79. The number of hydrogen-bond acceptors (Lipinski definition) is 5. The molecule has 2 N–H and O–H groups in total. The SMILES string of the molecule is CC(=Nc1ccccc1C(=O)O)c1c2oc(O)cc(C)c-2ccc1=O.[Zn]. The molecule has 0 aromatic heterocycles. The summed E-state index contributed by atoms with van der Waals surface area (Å²) in [5.41, 5.74) is 1.86. The van der Waals surface area contributed by atoms with Crippen LogP contribution in [0.4, 0.5) is 5.69 Å². The van der Waals surface area contributed by atoms with Crippen molar-refractivity contribution in [2.75, 3.05) is 0 Å². The van der Waals surface area contributed by atoms with E-state index in [2.05, 4.69) is 4.99 Å². The number of carbonyl (C=O) groups is 1. The number of hydrogen-bond donors (Lipinski definition) is 2. The van der Waals surface area contributed by atoms with Crippen LogP contribution in [0.2, 0.25) is 0 Å². The molecule has 0 fully saturated rings. The molecule has 0 amide bonds. The minimum atomic E-state index is -1.11.